The molecule has 1 heterocycles. The minimum Gasteiger partial charge on any atom is -0.322 e. The molecule has 0 aromatic carbocycles. The van der Waals surface area contributed by atoms with E-state index < -0.39 is 0 Å². The number of nitrogens with two attached hydrogens (primary N) is 1. The van der Waals surface area contributed by atoms with Gasteiger partial charge in [-0.15, -0.1) is 13.2 Å². The van der Waals surface area contributed by atoms with Gasteiger partial charge in [0.2, 0.25) is 0 Å². The smallest absolute Gasteiger partial charge is 0.129 e. The molecular formula is C12H16BrN3. The lowest BCUT2D eigenvalue weighted by Gasteiger charge is -2.20. The number of aromatic nitrogens is 2. The average Bonchev–Trinajstić information content (AvgIpc) is 2.30. The summed E-state index contributed by atoms with van der Waals surface area (Å²) in [6.07, 6.45) is 8.88. The van der Waals surface area contributed by atoms with E-state index in [-0.39, 0.29) is 12.0 Å². The van der Waals surface area contributed by atoms with Crippen LogP contribution in [0, 0.1) is 5.92 Å². The Labute approximate surface area is 105 Å². The molecule has 0 fully saturated rings. The van der Waals surface area contributed by atoms with Gasteiger partial charge in [-0.25, -0.2) is 4.98 Å². The van der Waals surface area contributed by atoms with Crippen LogP contribution in [0.2, 0.25) is 0 Å². The molecule has 0 aliphatic carbocycles. The summed E-state index contributed by atoms with van der Waals surface area (Å²) < 4.78 is 0.702. The summed E-state index contributed by atoms with van der Waals surface area (Å²) in [7, 11) is 0. The average molecular weight is 282 g/mol. The van der Waals surface area contributed by atoms with Crippen LogP contribution in [0.3, 0.4) is 0 Å². The predicted molar refractivity (Wildman–Crippen MR) is 69.8 cm³/mol. The second-order valence-electron chi connectivity index (χ2n) is 3.52. The Morgan fingerprint density at radius 3 is 2.62 bits per heavy atom. The van der Waals surface area contributed by atoms with Crippen molar-refractivity contribution in [1.29, 1.82) is 0 Å². The van der Waals surface area contributed by atoms with Crippen LogP contribution in [0.1, 0.15) is 24.6 Å². The van der Waals surface area contributed by atoms with Crippen molar-refractivity contribution >= 4 is 15.9 Å². The van der Waals surface area contributed by atoms with Crippen LogP contribution in [-0.4, -0.2) is 9.97 Å². The van der Waals surface area contributed by atoms with Gasteiger partial charge in [-0.3, -0.25) is 4.98 Å². The first-order valence-corrected chi connectivity index (χ1v) is 5.95. The van der Waals surface area contributed by atoms with Gasteiger partial charge in [0.05, 0.1) is 11.7 Å². The fourth-order valence-electron chi connectivity index (χ4n) is 1.51. The molecule has 0 saturated carbocycles. The van der Waals surface area contributed by atoms with Crippen molar-refractivity contribution < 1.29 is 0 Å². The van der Waals surface area contributed by atoms with Crippen molar-refractivity contribution in [2.24, 2.45) is 11.7 Å². The van der Waals surface area contributed by atoms with E-state index in [0.29, 0.717) is 4.60 Å². The highest BCUT2D eigenvalue weighted by Gasteiger charge is 2.19. The largest absolute Gasteiger partial charge is 0.322 e. The van der Waals surface area contributed by atoms with Crippen LogP contribution in [0.15, 0.2) is 42.3 Å². The molecule has 0 spiro atoms. The Hall–Kier alpha value is -1.00. The maximum Gasteiger partial charge on any atom is 0.129 e. The van der Waals surface area contributed by atoms with Gasteiger partial charge in [-0.05, 0) is 34.7 Å². The highest BCUT2D eigenvalue weighted by atomic mass is 79.9. The van der Waals surface area contributed by atoms with Crippen molar-refractivity contribution in [3.63, 3.8) is 0 Å². The van der Waals surface area contributed by atoms with E-state index >= 15 is 0 Å². The quantitative estimate of drug-likeness (QED) is 0.816. The molecule has 1 aromatic rings. The molecule has 2 atom stereocenters. The summed E-state index contributed by atoms with van der Waals surface area (Å²) in [6, 6.07) is -0.180. The van der Waals surface area contributed by atoms with Crippen molar-refractivity contribution in [3.8, 4) is 0 Å². The summed E-state index contributed by atoms with van der Waals surface area (Å²) in [6.45, 7) is 7.52. The van der Waals surface area contributed by atoms with E-state index in [4.69, 9.17) is 5.73 Å². The molecule has 4 heteroatoms. The number of halogens is 1. The van der Waals surface area contributed by atoms with Gasteiger partial charge in [0.1, 0.15) is 4.60 Å². The van der Waals surface area contributed by atoms with Crippen LogP contribution in [0.5, 0.6) is 0 Å². The molecule has 0 radical (unpaired) electrons. The maximum absolute atomic E-state index is 6.15. The number of rotatable bonds is 6. The molecule has 16 heavy (non-hydrogen) atoms. The third kappa shape index (κ3) is 3.25. The van der Waals surface area contributed by atoms with Gasteiger partial charge in [0.15, 0.2) is 0 Å². The first-order chi connectivity index (χ1) is 7.70. The van der Waals surface area contributed by atoms with Gasteiger partial charge < -0.3 is 5.73 Å². The van der Waals surface area contributed by atoms with E-state index in [1.165, 1.54) is 0 Å². The minimum absolute atomic E-state index is 0.180. The zero-order valence-corrected chi connectivity index (χ0v) is 10.7. The molecule has 0 saturated heterocycles. The van der Waals surface area contributed by atoms with Crippen molar-refractivity contribution in [1.82, 2.24) is 9.97 Å². The van der Waals surface area contributed by atoms with Crippen LogP contribution in [0.4, 0.5) is 0 Å². The lowest BCUT2D eigenvalue weighted by molar-refractivity contribution is 0.478. The SMILES string of the molecule is C=CCCC(C=C)C(N)c1nccnc1Br. The molecule has 3 nitrogen and oxygen atoms in total. The zero-order valence-electron chi connectivity index (χ0n) is 9.14. The lowest BCUT2D eigenvalue weighted by atomic mass is 9.93. The zero-order chi connectivity index (χ0) is 12.0. The molecule has 0 aliphatic rings. The van der Waals surface area contributed by atoms with Gasteiger partial charge in [-0.2, -0.15) is 0 Å². The van der Waals surface area contributed by atoms with E-state index in [9.17, 15) is 0 Å². The Bertz CT molecular complexity index is 365. The summed E-state index contributed by atoms with van der Waals surface area (Å²) in [5.41, 5.74) is 6.93. The molecule has 86 valence electrons. The van der Waals surface area contributed by atoms with Crippen LogP contribution in [0.25, 0.3) is 0 Å². The maximum atomic E-state index is 6.15. The standard InChI is InChI=1S/C12H16BrN3/c1-3-5-6-9(4-2)10(14)11-12(13)16-8-7-15-11/h3-4,7-10H,1-2,5-6,14H2. The third-order valence-electron chi connectivity index (χ3n) is 2.46. The summed E-state index contributed by atoms with van der Waals surface area (Å²) >= 11 is 3.35. The molecule has 1 rings (SSSR count). The van der Waals surface area contributed by atoms with Gasteiger partial charge in [0.25, 0.3) is 0 Å². The van der Waals surface area contributed by atoms with E-state index in [1.807, 2.05) is 12.2 Å². The predicted octanol–water partition coefficient (Wildman–Crippen LogP) is 3.01. The molecule has 2 N–H and O–H groups in total. The summed E-state index contributed by atoms with van der Waals surface area (Å²) in [5.74, 6) is 0.186. The molecule has 0 aliphatic heterocycles. The Kier molecular flexibility index (Phi) is 5.35. The minimum atomic E-state index is -0.180. The Balaban J connectivity index is 2.82. The topological polar surface area (TPSA) is 51.8 Å². The molecule has 0 amide bonds. The van der Waals surface area contributed by atoms with Crippen LogP contribution in [-0.2, 0) is 0 Å². The summed E-state index contributed by atoms with van der Waals surface area (Å²) in [5, 5.41) is 0. The van der Waals surface area contributed by atoms with Crippen LogP contribution < -0.4 is 5.73 Å². The fourth-order valence-corrected chi connectivity index (χ4v) is 2.00. The van der Waals surface area contributed by atoms with Gasteiger partial charge in [-0.1, -0.05) is 12.2 Å². The van der Waals surface area contributed by atoms with E-state index in [1.54, 1.807) is 12.4 Å². The number of hydrogen-bond donors (Lipinski definition) is 1. The molecule has 1 aromatic heterocycles. The highest BCUT2D eigenvalue weighted by molar-refractivity contribution is 9.10. The Morgan fingerprint density at radius 1 is 1.38 bits per heavy atom. The second-order valence-corrected chi connectivity index (χ2v) is 4.27. The summed E-state index contributed by atoms with van der Waals surface area (Å²) in [4.78, 5) is 8.36. The van der Waals surface area contributed by atoms with Gasteiger partial charge in [0, 0.05) is 12.4 Å². The van der Waals surface area contributed by atoms with E-state index in [0.717, 1.165) is 18.5 Å². The van der Waals surface area contributed by atoms with E-state index in [2.05, 4.69) is 39.1 Å². The fraction of sp³-hybridized carbons (Fsp3) is 0.333. The normalized spacial score (nSPS) is 14.1. The van der Waals surface area contributed by atoms with Crippen molar-refractivity contribution in [2.45, 2.75) is 18.9 Å². The monoisotopic (exact) mass is 281 g/mol. The van der Waals surface area contributed by atoms with Crippen LogP contribution >= 0.6 is 15.9 Å². The number of hydrogen-bond acceptors (Lipinski definition) is 3. The number of nitrogens with zero attached hydrogens (tertiary/aromatic N) is 2. The molecular weight excluding hydrogens is 266 g/mol. The van der Waals surface area contributed by atoms with Crippen molar-refractivity contribution in [2.75, 3.05) is 0 Å². The highest BCUT2D eigenvalue weighted by Crippen LogP contribution is 2.26. The second kappa shape index (κ2) is 6.55. The molecule has 2 unspecified atom stereocenters. The lowest BCUT2D eigenvalue weighted by Crippen LogP contribution is -2.21. The molecule has 0 bridgehead atoms. The van der Waals surface area contributed by atoms with Crippen molar-refractivity contribution in [3.05, 3.63) is 48.0 Å². The Morgan fingerprint density at radius 2 is 2.06 bits per heavy atom. The number of allylic oxidation sites excluding steroid dienone is 1. The first-order valence-electron chi connectivity index (χ1n) is 5.16. The van der Waals surface area contributed by atoms with Gasteiger partial charge >= 0.3 is 0 Å². The first kappa shape index (κ1) is 13.1. The third-order valence-corrected chi connectivity index (χ3v) is 3.07.